The molecule has 1 unspecified atom stereocenters. The van der Waals surface area contributed by atoms with Crippen molar-refractivity contribution >= 4 is 35.1 Å². The molecule has 3 aromatic rings. The van der Waals surface area contributed by atoms with Crippen molar-refractivity contribution in [3.05, 3.63) is 60.0 Å². The van der Waals surface area contributed by atoms with Crippen molar-refractivity contribution < 1.29 is 28.6 Å². The molecule has 44 heavy (non-hydrogen) atoms. The van der Waals surface area contributed by atoms with Gasteiger partial charge in [0.25, 0.3) is 0 Å². The lowest BCUT2D eigenvalue weighted by Gasteiger charge is -2.26. The van der Waals surface area contributed by atoms with Crippen LogP contribution in [0.2, 0.25) is 0 Å². The lowest BCUT2D eigenvalue weighted by Crippen LogP contribution is -2.33. The maximum absolute atomic E-state index is 14.8. The van der Waals surface area contributed by atoms with E-state index in [0.29, 0.717) is 17.9 Å². The third kappa shape index (κ3) is 9.03. The van der Waals surface area contributed by atoms with Gasteiger partial charge in [-0.15, -0.1) is 0 Å². The van der Waals surface area contributed by atoms with Crippen LogP contribution in [0.5, 0.6) is 11.5 Å². The minimum absolute atomic E-state index is 0.0460. The summed E-state index contributed by atoms with van der Waals surface area (Å²) in [5, 5.41) is 16.0. The molecule has 4 rings (SSSR count). The smallest absolute Gasteiger partial charge is 0.417 e. The summed E-state index contributed by atoms with van der Waals surface area (Å²) in [7, 11) is 1.42. The van der Waals surface area contributed by atoms with E-state index in [0.717, 1.165) is 37.4 Å². The number of rotatable bonds is 14. The van der Waals surface area contributed by atoms with Gasteiger partial charge in [0.15, 0.2) is 11.6 Å². The Hall–Kier alpha value is -4.45. The number of benzene rings is 2. The minimum Gasteiger partial charge on any atom is -0.495 e. The summed E-state index contributed by atoms with van der Waals surface area (Å²) in [6.45, 7) is 7.50. The molecule has 1 fully saturated rings. The summed E-state index contributed by atoms with van der Waals surface area (Å²) in [6, 6.07) is 10.8. The molecule has 1 aliphatic heterocycles. The Morgan fingerprint density at radius 1 is 1.11 bits per heavy atom. The molecule has 1 aliphatic rings. The van der Waals surface area contributed by atoms with Crippen molar-refractivity contribution in [2.75, 3.05) is 43.6 Å². The van der Waals surface area contributed by atoms with Crippen LogP contribution in [-0.4, -0.2) is 71.4 Å². The van der Waals surface area contributed by atoms with Gasteiger partial charge in [0, 0.05) is 36.6 Å². The lowest BCUT2D eigenvalue weighted by molar-refractivity contribution is -0.121. The van der Waals surface area contributed by atoms with Crippen LogP contribution in [-0.2, 0) is 11.2 Å². The van der Waals surface area contributed by atoms with E-state index in [1.54, 1.807) is 30.3 Å². The number of carboxylic acid groups (broad SMARTS) is 1. The van der Waals surface area contributed by atoms with Crippen molar-refractivity contribution in [2.45, 2.75) is 58.4 Å². The van der Waals surface area contributed by atoms with E-state index in [1.165, 1.54) is 44.7 Å². The van der Waals surface area contributed by atoms with Gasteiger partial charge in [0.2, 0.25) is 11.9 Å². The highest BCUT2D eigenvalue weighted by atomic mass is 19.1. The van der Waals surface area contributed by atoms with E-state index in [-0.39, 0.29) is 47.3 Å². The Morgan fingerprint density at radius 2 is 1.91 bits per heavy atom. The van der Waals surface area contributed by atoms with Gasteiger partial charge in [-0.25, -0.2) is 19.1 Å². The number of ether oxygens (including phenoxy) is 2. The molecule has 0 aliphatic carbocycles. The summed E-state index contributed by atoms with van der Waals surface area (Å²) < 4.78 is 26.0. The second-order valence-electron chi connectivity index (χ2n) is 10.8. The van der Waals surface area contributed by atoms with Crippen molar-refractivity contribution in [2.24, 2.45) is 0 Å². The number of nitrogens with one attached hydrogen (secondary N) is 2. The highest BCUT2D eigenvalue weighted by Gasteiger charge is 2.23. The van der Waals surface area contributed by atoms with E-state index in [1.807, 2.05) is 13.8 Å². The third-order valence-corrected chi connectivity index (χ3v) is 7.44. The van der Waals surface area contributed by atoms with Crippen LogP contribution < -0.4 is 25.0 Å². The van der Waals surface area contributed by atoms with E-state index in [9.17, 15) is 19.1 Å². The van der Waals surface area contributed by atoms with Gasteiger partial charge in [-0.3, -0.25) is 4.79 Å². The lowest BCUT2D eigenvalue weighted by atomic mass is 10.1. The largest absolute Gasteiger partial charge is 0.495 e. The summed E-state index contributed by atoms with van der Waals surface area (Å²) in [4.78, 5) is 36.6. The molecule has 12 heteroatoms. The number of halogens is 1. The topological polar surface area (TPSA) is 129 Å². The van der Waals surface area contributed by atoms with E-state index >= 15 is 0 Å². The fourth-order valence-corrected chi connectivity index (χ4v) is 4.97. The van der Waals surface area contributed by atoms with Crippen LogP contribution in [0.4, 0.5) is 32.3 Å². The zero-order valence-corrected chi connectivity index (χ0v) is 25.5. The predicted molar refractivity (Wildman–Crippen MR) is 167 cm³/mol. The molecule has 2 heterocycles. The zero-order valence-electron chi connectivity index (χ0n) is 25.5. The van der Waals surface area contributed by atoms with E-state index in [4.69, 9.17) is 9.47 Å². The fourth-order valence-electron chi connectivity index (χ4n) is 4.97. The molecule has 0 bridgehead atoms. The molecule has 2 amide bonds. The number of aromatic nitrogens is 2. The number of nitrogens with zero attached hydrogens (tertiary/aromatic N) is 4. The van der Waals surface area contributed by atoms with Gasteiger partial charge in [-0.1, -0.05) is 19.4 Å². The number of piperidine rings is 1. The number of carbonyl (C=O) groups excluding carboxylic acids is 1. The van der Waals surface area contributed by atoms with E-state index < -0.39 is 11.9 Å². The van der Waals surface area contributed by atoms with Gasteiger partial charge in [-0.05, 0) is 75.5 Å². The molecular formula is C32H41FN6O5. The summed E-state index contributed by atoms with van der Waals surface area (Å²) in [5.41, 5.74) is 1.25. The van der Waals surface area contributed by atoms with Gasteiger partial charge < -0.3 is 30.1 Å². The Kier molecular flexibility index (Phi) is 11.7. The van der Waals surface area contributed by atoms with Crippen LogP contribution in [0.1, 0.15) is 51.5 Å². The van der Waals surface area contributed by atoms with Gasteiger partial charge in [0.1, 0.15) is 11.6 Å². The normalized spacial score (nSPS) is 14.0. The highest BCUT2D eigenvalue weighted by Crippen LogP contribution is 2.34. The third-order valence-electron chi connectivity index (χ3n) is 7.44. The molecule has 11 nitrogen and oxygen atoms in total. The molecule has 0 saturated carbocycles. The van der Waals surface area contributed by atoms with Crippen molar-refractivity contribution in [1.29, 1.82) is 0 Å². The van der Waals surface area contributed by atoms with Crippen LogP contribution >= 0.6 is 0 Å². The number of amides is 2. The molecule has 0 radical (unpaired) electrons. The first-order valence-electron chi connectivity index (χ1n) is 15.0. The van der Waals surface area contributed by atoms with Crippen molar-refractivity contribution in [3.8, 4) is 11.5 Å². The number of anilines is 4. The molecule has 1 aromatic heterocycles. The summed E-state index contributed by atoms with van der Waals surface area (Å²) >= 11 is 0. The second-order valence-corrected chi connectivity index (χ2v) is 10.8. The molecular weight excluding hydrogens is 567 g/mol. The minimum atomic E-state index is -1.30. The second kappa shape index (κ2) is 15.9. The number of carbonyl (C=O) groups is 2. The Bertz CT molecular complexity index is 1420. The summed E-state index contributed by atoms with van der Waals surface area (Å²) in [6.07, 6.45) is 5.59. The molecule has 236 valence electrons. The maximum atomic E-state index is 14.8. The van der Waals surface area contributed by atoms with Gasteiger partial charge in [-0.2, -0.15) is 4.98 Å². The standard InChI is InChI=1S/C32H41FN6O5/c1-4-22(2)35-30(40)20-23-9-11-26(28(19-23)43-3)39(32(41)42)29-13-14-34-31(37-29)36-24-10-12-27(25(33)21-24)44-18-8-17-38-15-6-5-7-16-38/h9-14,19,21-22H,4-8,15-18,20H2,1-3H3,(H,35,40)(H,41,42)(H,34,36,37). The number of hydrogen-bond donors (Lipinski definition) is 3. The quantitative estimate of drug-likeness (QED) is 0.192. The Morgan fingerprint density at radius 3 is 2.61 bits per heavy atom. The Labute approximate surface area is 257 Å². The first-order valence-corrected chi connectivity index (χ1v) is 15.0. The van der Waals surface area contributed by atoms with Crippen LogP contribution in [0.25, 0.3) is 0 Å². The Balaban J connectivity index is 1.43. The van der Waals surface area contributed by atoms with Crippen LogP contribution in [0.3, 0.4) is 0 Å². The zero-order chi connectivity index (χ0) is 31.5. The SMILES string of the molecule is CCC(C)NC(=O)Cc1ccc(N(C(=O)O)c2ccnc(Nc3ccc(OCCCN4CCCCC4)c(F)c3)n2)c(OC)c1. The maximum Gasteiger partial charge on any atom is 0.417 e. The fraction of sp³-hybridized carbons (Fsp3) is 0.438. The van der Waals surface area contributed by atoms with Crippen molar-refractivity contribution in [3.63, 3.8) is 0 Å². The number of methoxy groups -OCH3 is 1. The molecule has 3 N–H and O–H groups in total. The highest BCUT2D eigenvalue weighted by molar-refractivity contribution is 5.95. The monoisotopic (exact) mass is 608 g/mol. The average Bonchev–Trinajstić information content (AvgIpc) is 3.01. The van der Waals surface area contributed by atoms with Crippen LogP contribution in [0.15, 0.2) is 48.7 Å². The molecule has 2 aromatic carbocycles. The average molecular weight is 609 g/mol. The summed E-state index contributed by atoms with van der Waals surface area (Å²) in [5.74, 6) is -0.138. The number of hydrogen-bond acceptors (Lipinski definition) is 8. The van der Waals surface area contributed by atoms with Gasteiger partial charge >= 0.3 is 6.09 Å². The van der Waals surface area contributed by atoms with E-state index in [2.05, 4.69) is 25.5 Å². The molecule has 0 spiro atoms. The van der Waals surface area contributed by atoms with Gasteiger partial charge in [0.05, 0.1) is 25.8 Å². The first-order chi connectivity index (χ1) is 21.3. The molecule has 1 atom stereocenters. The first kappa shape index (κ1) is 32.5. The predicted octanol–water partition coefficient (Wildman–Crippen LogP) is 5.90. The number of likely N-dealkylation sites (tertiary alicyclic amines) is 1. The van der Waals surface area contributed by atoms with Crippen LogP contribution in [0, 0.1) is 5.82 Å². The molecule has 1 saturated heterocycles. The van der Waals surface area contributed by atoms with Crippen molar-refractivity contribution in [1.82, 2.24) is 20.2 Å².